The van der Waals surface area contributed by atoms with Crippen LogP contribution >= 0.6 is 0 Å². The Morgan fingerprint density at radius 3 is 2.79 bits per heavy atom. The molecular formula is C20H24N4O4. The minimum atomic E-state index is -0.857. The molecule has 8 heteroatoms. The Kier molecular flexibility index (Phi) is 7.15. The topological polar surface area (TPSA) is 110 Å². The number of carbonyl (C=O) groups excluding carboxylic acids is 2. The van der Waals surface area contributed by atoms with Crippen molar-refractivity contribution in [2.75, 3.05) is 11.9 Å². The van der Waals surface area contributed by atoms with Crippen molar-refractivity contribution in [3.8, 4) is 6.07 Å². The SMILES string of the molecule is Cc1cc(/C=C(\C#N)C(=O)OCC(=O)Nc2ccon2)c(C)n1CCC(C)C. The van der Waals surface area contributed by atoms with E-state index in [4.69, 9.17) is 4.74 Å². The molecule has 2 heterocycles. The lowest BCUT2D eigenvalue weighted by molar-refractivity contribution is -0.142. The van der Waals surface area contributed by atoms with Crippen LogP contribution in [0, 0.1) is 31.1 Å². The van der Waals surface area contributed by atoms with Gasteiger partial charge >= 0.3 is 5.97 Å². The molecule has 2 aromatic heterocycles. The number of ether oxygens (including phenoxy) is 1. The maximum Gasteiger partial charge on any atom is 0.349 e. The van der Waals surface area contributed by atoms with Crippen LogP contribution in [0.3, 0.4) is 0 Å². The van der Waals surface area contributed by atoms with Crippen molar-refractivity contribution < 1.29 is 18.8 Å². The number of amides is 1. The van der Waals surface area contributed by atoms with Crippen LogP contribution in [0.15, 0.2) is 28.5 Å². The number of nitrogens with zero attached hydrogens (tertiary/aromatic N) is 3. The summed E-state index contributed by atoms with van der Waals surface area (Å²) in [4.78, 5) is 23.9. The summed E-state index contributed by atoms with van der Waals surface area (Å²) in [7, 11) is 0. The normalized spacial score (nSPS) is 11.4. The molecule has 0 radical (unpaired) electrons. The molecule has 2 rings (SSSR count). The lowest BCUT2D eigenvalue weighted by Gasteiger charge is -2.11. The van der Waals surface area contributed by atoms with Gasteiger partial charge in [-0.05, 0) is 43.9 Å². The van der Waals surface area contributed by atoms with Gasteiger partial charge in [-0.2, -0.15) is 5.26 Å². The highest BCUT2D eigenvalue weighted by atomic mass is 16.5. The first kappa shape index (κ1) is 21.0. The third-order valence-corrected chi connectivity index (χ3v) is 4.22. The van der Waals surface area contributed by atoms with Crippen molar-refractivity contribution in [1.82, 2.24) is 9.72 Å². The summed E-state index contributed by atoms with van der Waals surface area (Å²) in [6, 6.07) is 5.23. The van der Waals surface area contributed by atoms with Gasteiger partial charge in [0.1, 0.15) is 17.9 Å². The second-order valence-electron chi connectivity index (χ2n) is 6.84. The maximum atomic E-state index is 12.2. The molecule has 28 heavy (non-hydrogen) atoms. The molecule has 0 aromatic carbocycles. The number of anilines is 1. The van der Waals surface area contributed by atoms with E-state index in [0.29, 0.717) is 5.92 Å². The van der Waals surface area contributed by atoms with E-state index in [9.17, 15) is 14.9 Å². The van der Waals surface area contributed by atoms with Crippen LogP contribution in [0.1, 0.15) is 37.2 Å². The van der Waals surface area contributed by atoms with Crippen molar-refractivity contribution in [2.24, 2.45) is 5.92 Å². The number of nitrogens with one attached hydrogen (secondary N) is 1. The Morgan fingerprint density at radius 1 is 1.43 bits per heavy atom. The summed E-state index contributed by atoms with van der Waals surface area (Å²) in [5.74, 6) is -0.643. The van der Waals surface area contributed by atoms with Gasteiger partial charge in [0.05, 0.1) is 0 Å². The van der Waals surface area contributed by atoms with Crippen LogP contribution in [0.25, 0.3) is 6.08 Å². The summed E-state index contributed by atoms with van der Waals surface area (Å²) in [5.41, 5.74) is 2.64. The highest BCUT2D eigenvalue weighted by molar-refractivity contribution is 6.00. The minimum absolute atomic E-state index is 0.168. The Morgan fingerprint density at radius 2 is 2.18 bits per heavy atom. The van der Waals surface area contributed by atoms with E-state index in [-0.39, 0.29) is 11.4 Å². The largest absolute Gasteiger partial charge is 0.451 e. The Hall–Kier alpha value is -3.34. The molecule has 0 unspecified atom stereocenters. The number of carbonyl (C=O) groups is 2. The zero-order valence-corrected chi connectivity index (χ0v) is 16.5. The molecule has 0 aliphatic rings. The van der Waals surface area contributed by atoms with Gasteiger partial charge in [0.2, 0.25) is 0 Å². The van der Waals surface area contributed by atoms with Crippen LogP contribution < -0.4 is 5.32 Å². The molecule has 0 atom stereocenters. The summed E-state index contributed by atoms with van der Waals surface area (Å²) < 4.78 is 11.7. The quantitative estimate of drug-likeness (QED) is 0.425. The molecule has 148 valence electrons. The summed E-state index contributed by atoms with van der Waals surface area (Å²) in [6.07, 6.45) is 3.83. The maximum absolute atomic E-state index is 12.2. The molecule has 1 amide bonds. The Bertz CT molecular complexity index is 902. The molecule has 0 aliphatic heterocycles. The molecule has 8 nitrogen and oxygen atoms in total. The first-order chi connectivity index (χ1) is 13.3. The van der Waals surface area contributed by atoms with Gasteiger partial charge in [-0.25, -0.2) is 4.79 Å². The Labute approximate surface area is 163 Å². The molecule has 0 saturated carbocycles. The van der Waals surface area contributed by atoms with Crippen LogP contribution in [-0.2, 0) is 20.9 Å². The van der Waals surface area contributed by atoms with E-state index >= 15 is 0 Å². The van der Waals surface area contributed by atoms with E-state index in [1.54, 1.807) is 0 Å². The smallest absolute Gasteiger partial charge is 0.349 e. The summed E-state index contributed by atoms with van der Waals surface area (Å²) in [5, 5.41) is 15.2. The third kappa shape index (κ3) is 5.58. The first-order valence-corrected chi connectivity index (χ1v) is 8.97. The van der Waals surface area contributed by atoms with Gasteiger partial charge in [-0.3, -0.25) is 4.79 Å². The summed E-state index contributed by atoms with van der Waals surface area (Å²) >= 11 is 0. The van der Waals surface area contributed by atoms with Gasteiger partial charge in [-0.15, -0.1) is 0 Å². The van der Waals surface area contributed by atoms with Crippen LogP contribution in [0.2, 0.25) is 0 Å². The van der Waals surface area contributed by atoms with E-state index < -0.39 is 18.5 Å². The monoisotopic (exact) mass is 384 g/mol. The minimum Gasteiger partial charge on any atom is -0.451 e. The number of nitriles is 1. The number of hydrogen-bond acceptors (Lipinski definition) is 6. The molecule has 0 bridgehead atoms. The van der Waals surface area contributed by atoms with Gasteiger partial charge in [0.25, 0.3) is 5.91 Å². The van der Waals surface area contributed by atoms with Crippen LogP contribution in [0.5, 0.6) is 0 Å². The standard InChI is InChI=1S/C20H24N4O4/c1-13(2)5-7-24-14(3)9-16(15(24)4)10-17(11-21)20(26)27-12-19(25)22-18-6-8-28-23-18/h6,8-10,13H,5,7,12H2,1-4H3,(H,22,23,25)/b17-10+. The van der Waals surface area contributed by atoms with Crippen molar-refractivity contribution >= 4 is 23.8 Å². The number of esters is 1. The van der Waals surface area contributed by atoms with E-state index in [0.717, 1.165) is 29.9 Å². The summed E-state index contributed by atoms with van der Waals surface area (Å²) in [6.45, 7) is 8.61. The number of rotatable bonds is 8. The third-order valence-electron chi connectivity index (χ3n) is 4.22. The zero-order chi connectivity index (χ0) is 20.7. The molecule has 0 saturated heterocycles. The molecule has 0 aliphatic carbocycles. The molecule has 0 spiro atoms. The second-order valence-corrected chi connectivity index (χ2v) is 6.84. The van der Waals surface area contributed by atoms with E-state index in [1.165, 1.54) is 18.4 Å². The van der Waals surface area contributed by atoms with Gasteiger partial charge in [0.15, 0.2) is 12.4 Å². The van der Waals surface area contributed by atoms with E-state index in [1.807, 2.05) is 26.0 Å². The first-order valence-electron chi connectivity index (χ1n) is 8.97. The highest BCUT2D eigenvalue weighted by Gasteiger charge is 2.16. The van der Waals surface area contributed by atoms with Crippen molar-refractivity contribution in [2.45, 2.75) is 40.7 Å². The van der Waals surface area contributed by atoms with Crippen molar-refractivity contribution in [3.63, 3.8) is 0 Å². The molecule has 0 fully saturated rings. The van der Waals surface area contributed by atoms with Crippen molar-refractivity contribution in [3.05, 3.63) is 40.9 Å². The van der Waals surface area contributed by atoms with Gasteiger partial charge < -0.3 is 19.1 Å². The molecular weight excluding hydrogens is 360 g/mol. The fraction of sp³-hybridized carbons (Fsp3) is 0.400. The number of aromatic nitrogens is 2. The van der Waals surface area contributed by atoms with Gasteiger partial charge in [-0.1, -0.05) is 19.0 Å². The predicted molar refractivity (Wildman–Crippen MR) is 103 cm³/mol. The number of aryl methyl sites for hydroxylation is 1. The number of hydrogen-bond donors (Lipinski definition) is 1. The average molecular weight is 384 g/mol. The van der Waals surface area contributed by atoms with Crippen LogP contribution in [-0.4, -0.2) is 28.2 Å². The molecule has 2 aromatic rings. The zero-order valence-electron chi connectivity index (χ0n) is 16.5. The highest BCUT2D eigenvalue weighted by Crippen LogP contribution is 2.20. The predicted octanol–water partition coefficient (Wildman–Crippen LogP) is 3.23. The lowest BCUT2D eigenvalue weighted by atomic mass is 10.1. The average Bonchev–Trinajstić information content (AvgIpc) is 3.24. The van der Waals surface area contributed by atoms with Gasteiger partial charge in [0, 0.05) is 24.0 Å². The van der Waals surface area contributed by atoms with Crippen LogP contribution in [0.4, 0.5) is 5.82 Å². The lowest BCUT2D eigenvalue weighted by Crippen LogP contribution is -2.21. The van der Waals surface area contributed by atoms with Crippen molar-refractivity contribution in [1.29, 1.82) is 5.26 Å². The fourth-order valence-corrected chi connectivity index (χ4v) is 2.66. The second kappa shape index (κ2) is 9.55. The Balaban J connectivity index is 2.04. The molecule has 1 N–H and O–H groups in total. The van der Waals surface area contributed by atoms with E-state index in [2.05, 4.69) is 33.4 Å². The fourth-order valence-electron chi connectivity index (χ4n) is 2.66.